The van der Waals surface area contributed by atoms with Gasteiger partial charge in [0.05, 0.1) is 39.6 Å². The second kappa shape index (κ2) is 19.5. The predicted molar refractivity (Wildman–Crippen MR) is 79.7 cm³/mol. The van der Waals surface area contributed by atoms with Crippen molar-refractivity contribution in [1.82, 2.24) is 0 Å². The van der Waals surface area contributed by atoms with Crippen LogP contribution in [0.5, 0.6) is 0 Å². The van der Waals surface area contributed by atoms with E-state index in [0.29, 0.717) is 12.8 Å². The van der Waals surface area contributed by atoms with Gasteiger partial charge in [0.15, 0.2) is 0 Å². The van der Waals surface area contributed by atoms with Crippen LogP contribution in [0.3, 0.4) is 0 Å². The fourth-order valence-electron chi connectivity index (χ4n) is 1.23. The van der Waals surface area contributed by atoms with Crippen LogP contribution in [0, 0.1) is 0 Å². The van der Waals surface area contributed by atoms with Gasteiger partial charge in [-0.1, -0.05) is 26.7 Å². The molecule has 0 aliphatic carbocycles. The van der Waals surface area contributed by atoms with E-state index in [1.165, 1.54) is 0 Å². The van der Waals surface area contributed by atoms with Crippen molar-refractivity contribution in [3.63, 3.8) is 0 Å². The van der Waals surface area contributed by atoms with Crippen molar-refractivity contribution in [3.05, 3.63) is 0 Å². The Kier molecular flexibility index (Phi) is 24.8. The number of unbranched alkanes of at least 4 members (excludes halogenated alkanes) is 2. The number of hydrogen-bond acceptors (Lipinski definition) is 9. The largest absolute Gasteiger partial charge is 1.00 e. The summed E-state index contributed by atoms with van der Waals surface area (Å²) in [6.07, 6.45) is 2.88. The molecule has 0 saturated heterocycles. The maximum Gasteiger partial charge on any atom is 1.00 e. The van der Waals surface area contributed by atoms with Crippen LogP contribution >= 0.6 is 15.6 Å². The molecule has 25 heavy (non-hydrogen) atoms. The Morgan fingerprint density at radius 1 is 0.640 bits per heavy atom. The molecular weight excluding hydrogens is 396 g/mol. The van der Waals surface area contributed by atoms with E-state index < -0.39 is 15.6 Å². The summed E-state index contributed by atoms with van der Waals surface area (Å²) in [5, 5.41) is 0. The van der Waals surface area contributed by atoms with E-state index >= 15 is 0 Å². The maximum absolute atomic E-state index is 11.3. The van der Waals surface area contributed by atoms with Gasteiger partial charge in [-0.05, 0) is 12.8 Å². The first kappa shape index (κ1) is 31.9. The Labute approximate surface area is 194 Å². The van der Waals surface area contributed by atoms with Gasteiger partial charge in [-0.2, -0.15) is 0 Å². The minimum absolute atomic E-state index is 0. The van der Waals surface area contributed by atoms with Crippen LogP contribution in [-0.2, 0) is 32.0 Å². The third-order valence-electron chi connectivity index (χ3n) is 2.45. The average Bonchev–Trinajstić information content (AvgIpc) is 2.46. The van der Waals surface area contributed by atoms with E-state index in [1.54, 1.807) is 0 Å². The van der Waals surface area contributed by atoms with Crippen LogP contribution in [0.25, 0.3) is 0 Å². The van der Waals surface area contributed by atoms with Crippen LogP contribution in [0.4, 0.5) is 0 Å². The molecule has 0 aromatic rings. The van der Waals surface area contributed by atoms with Gasteiger partial charge in [-0.25, -0.2) is 0 Å². The molecule has 0 saturated carbocycles. The second-order valence-corrected chi connectivity index (χ2v) is 7.37. The number of rotatable bonds is 16. The molecule has 0 aromatic heterocycles. The monoisotopic (exact) mass is 422 g/mol. The number of hydrogen-bond donors (Lipinski definition) is 0. The van der Waals surface area contributed by atoms with Gasteiger partial charge in [-0.15, -0.1) is 0 Å². The molecule has 13 heteroatoms. The molecule has 0 amide bonds. The first-order valence-corrected chi connectivity index (χ1v) is 10.5. The molecule has 0 heterocycles. The summed E-state index contributed by atoms with van der Waals surface area (Å²) in [5.41, 5.74) is 0. The van der Waals surface area contributed by atoms with E-state index in [9.17, 15) is 18.9 Å². The van der Waals surface area contributed by atoms with Crippen LogP contribution in [-0.4, -0.2) is 39.6 Å². The Bertz CT molecular complexity index is 354. The smallest absolute Gasteiger partial charge is 0.756 e. The molecule has 0 radical (unpaired) electrons. The van der Waals surface area contributed by atoms with Gasteiger partial charge in [-0.3, -0.25) is 9.13 Å². The Morgan fingerprint density at radius 2 is 0.960 bits per heavy atom. The second-order valence-electron chi connectivity index (χ2n) is 4.55. The molecule has 0 aliphatic heterocycles. The van der Waals surface area contributed by atoms with E-state index in [4.69, 9.17) is 4.74 Å². The van der Waals surface area contributed by atoms with Crippen molar-refractivity contribution in [2.24, 2.45) is 0 Å². The van der Waals surface area contributed by atoms with Gasteiger partial charge in [0.2, 0.25) is 0 Å². The summed E-state index contributed by atoms with van der Waals surface area (Å²) < 4.78 is 45.8. The van der Waals surface area contributed by atoms with Gasteiger partial charge < -0.3 is 32.6 Å². The summed E-state index contributed by atoms with van der Waals surface area (Å²) in [5.74, 6) is 0. The molecule has 140 valence electrons. The van der Waals surface area contributed by atoms with E-state index in [2.05, 4.69) is 18.1 Å². The number of phosphoric acid groups is 2. The maximum atomic E-state index is 11.3. The Morgan fingerprint density at radius 3 is 1.28 bits per heavy atom. The average molecular weight is 422 g/mol. The first-order chi connectivity index (χ1) is 10.8. The fourth-order valence-corrected chi connectivity index (χ4v) is 2.68. The molecule has 0 rings (SSSR count). The Balaban J connectivity index is -0.00000242. The minimum atomic E-state index is -4.30. The fraction of sp³-hybridized carbons (Fsp3) is 1.00. The Hall–Kier alpha value is 2.18. The quantitative estimate of drug-likeness (QED) is 0.138. The number of phosphoric ester groups is 2. The van der Waals surface area contributed by atoms with Gasteiger partial charge in [0, 0.05) is 0 Å². The molecule has 0 fully saturated rings. The predicted octanol–water partition coefficient (Wildman–Crippen LogP) is -4.39. The molecule has 0 bridgehead atoms. The van der Waals surface area contributed by atoms with Gasteiger partial charge >= 0.3 is 59.1 Å². The molecule has 9 nitrogen and oxygen atoms in total. The third kappa shape index (κ3) is 22.3. The minimum Gasteiger partial charge on any atom is -0.756 e. The van der Waals surface area contributed by atoms with Crippen molar-refractivity contribution in [2.45, 2.75) is 39.5 Å². The zero-order valence-corrected chi connectivity index (χ0v) is 21.4. The van der Waals surface area contributed by atoms with E-state index in [1.807, 2.05) is 13.8 Å². The summed E-state index contributed by atoms with van der Waals surface area (Å²) in [6, 6.07) is 0. The van der Waals surface area contributed by atoms with Crippen LogP contribution in [0.1, 0.15) is 39.5 Å². The van der Waals surface area contributed by atoms with Gasteiger partial charge in [0.1, 0.15) is 0 Å². The van der Waals surface area contributed by atoms with Crippen molar-refractivity contribution in [2.75, 3.05) is 39.6 Å². The zero-order chi connectivity index (χ0) is 17.6. The van der Waals surface area contributed by atoms with Crippen molar-refractivity contribution in [3.8, 4) is 0 Å². The topological polar surface area (TPSA) is 126 Å². The standard InChI is InChI=1S/C12H28O9P2.2Na/c1-3-5-7-18-22(13,14)20-11-9-17-10-12-21-23(15,16)19-8-6-4-2;;/h3-12H2,1-2H3,(H,13,14)(H,15,16);;/q;2*+1/p-2. The van der Waals surface area contributed by atoms with E-state index in [-0.39, 0.29) is 98.8 Å². The molecule has 0 N–H and O–H groups in total. The molecule has 0 aliphatic rings. The van der Waals surface area contributed by atoms with Gasteiger partial charge in [0.25, 0.3) is 15.6 Å². The van der Waals surface area contributed by atoms with E-state index in [0.717, 1.165) is 12.8 Å². The first-order valence-electron chi connectivity index (χ1n) is 7.61. The van der Waals surface area contributed by atoms with Crippen LogP contribution in [0.15, 0.2) is 0 Å². The summed E-state index contributed by atoms with van der Waals surface area (Å²) in [6.45, 7) is 3.49. The summed E-state index contributed by atoms with van der Waals surface area (Å²) >= 11 is 0. The van der Waals surface area contributed by atoms with Crippen molar-refractivity contribution < 1.29 is 101 Å². The molecule has 2 unspecified atom stereocenters. The molecule has 0 aromatic carbocycles. The van der Waals surface area contributed by atoms with Crippen LogP contribution in [0.2, 0.25) is 0 Å². The number of ether oxygens (including phenoxy) is 1. The van der Waals surface area contributed by atoms with Crippen LogP contribution < -0.4 is 68.9 Å². The third-order valence-corrected chi connectivity index (χ3v) is 4.44. The SMILES string of the molecule is CCCCOP(=O)([O-])OCCOCCOP(=O)([O-])OCCCC.[Na+].[Na+]. The zero-order valence-electron chi connectivity index (χ0n) is 15.6. The van der Waals surface area contributed by atoms with Crippen molar-refractivity contribution in [1.29, 1.82) is 0 Å². The summed E-state index contributed by atoms with van der Waals surface area (Å²) in [7, 11) is -8.59. The summed E-state index contributed by atoms with van der Waals surface area (Å²) in [4.78, 5) is 22.5. The molecule has 2 atom stereocenters. The molecule has 0 spiro atoms. The van der Waals surface area contributed by atoms with Crippen molar-refractivity contribution >= 4 is 15.6 Å². The normalized spacial score (nSPS) is 15.5. The molecular formula is C12H26Na2O9P2.